The van der Waals surface area contributed by atoms with Gasteiger partial charge in [-0.2, -0.15) is 5.10 Å². The highest BCUT2D eigenvalue weighted by Crippen LogP contribution is 2.15. The van der Waals surface area contributed by atoms with Gasteiger partial charge in [0.25, 0.3) is 5.91 Å². The zero-order valence-corrected chi connectivity index (χ0v) is 14.5. The van der Waals surface area contributed by atoms with Crippen molar-refractivity contribution in [1.29, 1.82) is 0 Å². The second-order valence-corrected chi connectivity index (χ2v) is 5.94. The molecule has 2 aromatic carbocycles. The fourth-order valence-electron chi connectivity index (χ4n) is 2.43. The molecule has 0 unspecified atom stereocenters. The number of methoxy groups -OCH3 is 1. The Morgan fingerprint density at radius 2 is 2.04 bits per heavy atom. The van der Waals surface area contributed by atoms with Crippen molar-refractivity contribution in [3.05, 3.63) is 77.1 Å². The van der Waals surface area contributed by atoms with Gasteiger partial charge in [-0.15, -0.1) is 0 Å². The van der Waals surface area contributed by atoms with Crippen LogP contribution in [0.3, 0.4) is 0 Å². The summed E-state index contributed by atoms with van der Waals surface area (Å²) >= 11 is 5.96. The first-order valence-electron chi connectivity index (χ1n) is 7.87. The molecule has 1 amide bonds. The summed E-state index contributed by atoms with van der Waals surface area (Å²) in [7, 11) is 1.62. The van der Waals surface area contributed by atoms with Crippen molar-refractivity contribution in [3.63, 3.8) is 0 Å². The van der Waals surface area contributed by atoms with Gasteiger partial charge in [0.1, 0.15) is 5.75 Å². The van der Waals surface area contributed by atoms with E-state index in [2.05, 4.69) is 10.4 Å². The maximum atomic E-state index is 12.2. The topological polar surface area (TPSA) is 56.1 Å². The van der Waals surface area contributed by atoms with Crippen LogP contribution < -0.4 is 10.1 Å². The highest BCUT2D eigenvalue weighted by molar-refractivity contribution is 6.30. The van der Waals surface area contributed by atoms with E-state index in [4.69, 9.17) is 16.3 Å². The molecule has 0 saturated carbocycles. The van der Waals surface area contributed by atoms with Crippen LogP contribution in [-0.2, 0) is 6.42 Å². The number of aromatic nitrogens is 2. The van der Waals surface area contributed by atoms with Crippen LogP contribution in [0.15, 0.2) is 60.9 Å². The van der Waals surface area contributed by atoms with Crippen LogP contribution in [0.1, 0.15) is 15.9 Å². The molecule has 25 heavy (non-hydrogen) atoms. The number of carbonyl (C=O) groups is 1. The Morgan fingerprint density at radius 1 is 1.24 bits per heavy atom. The summed E-state index contributed by atoms with van der Waals surface area (Å²) in [6, 6.07) is 15.1. The van der Waals surface area contributed by atoms with Gasteiger partial charge in [0.05, 0.1) is 24.6 Å². The second-order valence-electron chi connectivity index (χ2n) is 5.51. The fourth-order valence-corrected chi connectivity index (χ4v) is 2.64. The summed E-state index contributed by atoms with van der Waals surface area (Å²) in [4.78, 5) is 12.2. The smallest absolute Gasteiger partial charge is 0.254 e. The van der Waals surface area contributed by atoms with Crippen molar-refractivity contribution in [2.75, 3.05) is 13.7 Å². The molecule has 1 N–H and O–H groups in total. The molecule has 0 bridgehead atoms. The van der Waals surface area contributed by atoms with Crippen LogP contribution in [0.4, 0.5) is 0 Å². The van der Waals surface area contributed by atoms with E-state index in [1.165, 1.54) is 0 Å². The zero-order chi connectivity index (χ0) is 17.6. The first-order chi connectivity index (χ1) is 12.2. The van der Waals surface area contributed by atoms with E-state index in [1.54, 1.807) is 24.2 Å². The number of amides is 1. The molecule has 0 aliphatic rings. The Kier molecular flexibility index (Phi) is 5.36. The molecule has 3 rings (SSSR count). The maximum Gasteiger partial charge on any atom is 0.254 e. The summed E-state index contributed by atoms with van der Waals surface area (Å²) in [6.07, 6.45) is 3.98. The summed E-state index contributed by atoms with van der Waals surface area (Å²) in [5.74, 6) is 0.622. The fraction of sp³-hybridized carbons (Fsp3) is 0.158. The van der Waals surface area contributed by atoms with Gasteiger partial charge in [-0.1, -0.05) is 23.7 Å². The molecule has 0 atom stereocenters. The van der Waals surface area contributed by atoms with Crippen molar-refractivity contribution in [2.24, 2.45) is 0 Å². The number of hydrogen-bond donors (Lipinski definition) is 1. The third-order valence-electron chi connectivity index (χ3n) is 3.77. The van der Waals surface area contributed by atoms with Crippen LogP contribution in [-0.4, -0.2) is 29.3 Å². The lowest BCUT2D eigenvalue weighted by Gasteiger charge is -2.05. The number of benzene rings is 2. The Hall–Kier alpha value is -2.79. The molecule has 0 radical (unpaired) electrons. The van der Waals surface area contributed by atoms with Crippen molar-refractivity contribution in [2.45, 2.75) is 6.42 Å². The van der Waals surface area contributed by atoms with Gasteiger partial charge >= 0.3 is 0 Å². The SMILES string of the molecule is COc1ccc(-n2cc(C(=O)NCCc3cccc(Cl)c3)cn2)cc1. The van der Waals surface area contributed by atoms with Gasteiger partial charge in [0.2, 0.25) is 0 Å². The van der Waals surface area contributed by atoms with Crippen LogP contribution in [0.5, 0.6) is 5.75 Å². The molecule has 3 aromatic rings. The van der Waals surface area contributed by atoms with E-state index in [9.17, 15) is 4.79 Å². The minimum Gasteiger partial charge on any atom is -0.497 e. The molecule has 128 valence electrons. The normalized spacial score (nSPS) is 10.5. The molecule has 0 aliphatic carbocycles. The van der Waals surface area contributed by atoms with E-state index >= 15 is 0 Å². The van der Waals surface area contributed by atoms with Crippen LogP contribution in [0.2, 0.25) is 5.02 Å². The number of nitrogens with zero attached hydrogens (tertiary/aromatic N) is 2. The molecule has 5 nitrogen and oxygen atoms in total. The monoisotopic (exact) mass is 355 g/mol. The van der Waals surface area contributed by atoms with Gasteiger partial charge in [-0.3, -0.25) is 4.79 Å². The molecule has 1 aromatic heterocycles. The van der Waals surface area contributed by atoms with Crippen molar-refractivity contribution in [1.82, 2.24) is 15.1 Å². The Morgan fingerprint density at radius 3 is 2.76 bits per heavy atom. The number of nitrogens with one attached hydrogen (secondary N) is 1. The predicted octanol–water partition coefficient (Wildman–Crippen LogP) is 3.51. The summed E-state index contributed by atoms with van der Waals surface area (Å²) in [5.41, 5.74) is 2.46. The first kappa shape index (κ1) is 17.0. The average Bonchev–Trinajstić information content (AvgIpc) is 3.12. The van der Waals surface area contributed by atoms with Crippen LogP contribution in [0.25, 0.3) is 5.69 Å². The van der Waals surface area contributed by atoms with Crippen molar-refractivity contribution in [3.8, 4) is 11.4 Å². The number of rotatable bonds is 6. The molecular formula is C19H18ClN3O2. The average molecular weight is 356 g/mol. The Balaban J connectivity index is 1.58. The molecule has 0 saturated heterocycles. The van der Waals surface area contributed by atoms with E-state index in [0.29, 0.717) is 17.1 Å². The second kappa shape index (κ2) is 7.85. The maximum absolute atomic E-state index is 12.2. The van der Waals surface area contributed by atoms with E-state index < -0.39 is 0 Å². The van der Waals surface area contributed by atoms with Gasteiger partial charge in [-0.05, 0) is 48.4 Å². The highest BCUT2D eigenvalue weighted by atomic mass is 35.5. The molecule has 0 fully saturated rings. The standard InChI is InChI=1S/C19H18ClN3O2/c1-25-18-7-5-17(6-8-18)23-13-15(12-22-23)19(24)21-10-9-14-3-2-4-16(20)11-14/h2-8,11-13H,9-10H2,1H3,(H,21,24). The lowest BCUT2D eigenvalue weighted by Crippen LogP contribution is -2.25. The third kappa shape index (κ3) is 4.39. The first-order valence-corrected chi connectivity index (χ1v) is 8.25. The molecule has 0 aliphatic heterocycles. The molecule has 6 heteroatoms. The number of halogens is 1. The summed E-state index contributed by atoms with van der Waals surface area (Å²) < 4.78 is 6.79. The largest absolute Gasteiger partial charge is 0.497 e. The van der Waals surface area contributed by atoms with Gasteiger partial charge in [0.15, 0.2) is 0 Å². The minimum absolute atomic E-state index is 0.151. The Bertz CT molecular complexity index is 859. The molecule has 1 heterocycles. The van der Waals surface area contributed by atoms with E-state index in [-0.39, 0.29) is 5.91 Å². The lowest BCUT2D eigenvalue weighted by atomic mass is 10.1. The van der Waals surface area contributed by atoms with Gasteiger partial charge in [-0.25, -0.2) is 4.68 Å². The molecular weight excluding hydrogens is 338 g/mol. The quantitative estimate of drug-likeness (QED) is 0.736. The summed E-state index contributed by atoms with van der Waals surface area (Å²) in [5, 5.41) is 7.83. The van der Waals surface area contributed by atoms with E-state index in [0.717, 1.165) is 23.4 Å². The predicted molar refractivity (Wildman–Crippen MR) is 97.6 cm³/mol. The van der Waals surface area contributed by atoms with Crippen molar-refractivity contribution < 1.29 is 9.53 Å². The van der Waals surface area contributed by atoms with Gasteiger partial charge in [0, 0.05) is 17.8 Å². The number of hydrogen-bond acceptors (Lipinski definition) is 3. The molecule has 0 spiro atoms. The number of ether oxygens (including phenoxy) is 1. The van der Waals surface area contributed by atoms with Gasteiger partial charge < -0.3 is 10.1 Å². The minimum atomic E-state index is -0.151. The van der Waals surface area contributed by atoms with Crippen LogP contribution >= 0.6 is 11.6 Å². The van der Waals surface area contributed by atoms with Crippen LogP contribution in [0, 0.1) is 0 Å². The lowest BCUT2D eigenvalue weighted by molar-refractivity contribution is 0.0954. The number of carbonyl (C=O) groups excluding carboxylic acids is 1. The Labute approximate surface area is 151 Å². The zero-order valence-electron chi connectivity index (χ0n) is 13.8. The highest BCUT2D eigenvalue weighted by Gasteiger charge is 2.09. The van der Waals surface area contributed by atoms with Crippen molar-refractivity contribution >= 4 is 17.5 Å². The third-order valence-corrected chi connectivity index (χ3v) is 4.01. The summed E-state index contributed by atoms with van der Waals surface area (Å²) in [6.45, 7) is 0.535. The van der Waals surface area contributed by atoms with E-state index in [1.807, 2.05) is 48.5 Å².